The predicted molar refractivity (Wildman–Crippen MR) is 80.6 cm³/mol. The first kappa shape index (κ1) is 16.5. The van der Waals surface area contributed by atoms with Crippen LogP contribution < -0.4 is 4.74 Å². The molecule has 116 valence electrons. The minimum atomic E-state index is -0.953. The maximum atomic E-state index is 13.0. The molecule has 0 saturated carbocycles. The number of hydrogen-bond acceptors (Lipinski definition) is 3. The van der Waals surface area contributed by atoms with Crippen molar-refractivity contribution < 1.29 is 13.5 Å². The van der Waals surface area contributed by atoms with Gasteiger partial charge in [-0.1, -0.05) is 12.1 Å². The molecule has 2 aromatic carbocycles. The van der Waals surface area contributed by atoms with Crippen LogP contribution in [0.3, 0.4) is 0 Å². The molecule has 3 nitrogen and oxygen atoms in total. The van der Waals surface area contributed by atoms with Gasteiger partial charge >= 0.3 is 0 Å². The maximum Gasteiger partial charge on any atom is 0.162 e. The smallest absolute Gasteiger partial charge is 0.162 e. The molecule has 0 bridgehead atoms. The lowest BCUT2D eigenvalue weighted by Gasteiger charge is -2.11. The van der Waals surface area contributed by atoms with Crippen LogP contribution in [0.2, 0.25) is 0 Å². The van der Waals surface area contributed by atoms with Gasteiger partial charge < -0.3 is 4.74 Å². The topological polar surface area (TPSA) is 56.8 Å². The third kappa shape index (κ3) is 4.52. The molecule has 0 spiro atoms. The zero-order valence-corrected chi connectivity index (χ0v) is 12.3. The summed E-state index contributed by atoms with van der Waals surface area (Å²) in [6.45, 7) is 0.293. The molecular formula is C18H14F2N2O. The van der Waals surface area contributed by atoms with Gasteiger partial charge in [-0.3, -0.25) is 0 Å². The molecular weight excluding hydrogens is 298 g/mol. The lowest BCUT2D eigenvalue weighted by atomic mass is 9.94. The third-order valence-corrected chi connectivity index (χ3v) is 3.37. The Balaban J connectivity index is 1.87. The summed E-state index contributed by atoms with van der Waals surface area (Å²) in [7, 11) is 0. The van der Waals surface area contributed by atoms with Crippen LogP contribution in [0, 0.1) is 34.3 Å². The summed E-state index contributed by atoms with van der Waals surface area (Å²) in [5.74, 6) is -1.95. The molecule has 0 saturated heterocycles. The highest BCUT2D eigenvalue weighted by Gasteiger charge is 2.11. The lowest BCUT2D eigenvalue weighted by molar-refractivity contribution is 0.302. The Kier molecular flexibility index (Phi) is 5.66. The molecule has 0 heterocycles. The molecule has 0 aliphatic carbocycles. The van der Waals surface area contributed by atoms with Gasteiger partial charge in [-0.2, -0.15) is 10.5 Å². The van der Waals surface area contributed by atoms with Gasteiger partial charge in [0.1, 0.15) is 5.75 Å². The fourth-order valence-corrected chi connectivity index (χ4v) is 2.17. The number of nitrogens with zero attached hydrogens (tertiary/aromatic N) is 2. The normalized spacial score (nSPS) is 11.3. The van der Waals surface area contributed by atoms with Crippen LogP contribution in [0.15, 0.2) is 42.5 Å². The van der Waals surface area contributed by atoms with Crippen molar-refractivity contribution in [2.45, 2.75) is 18.8 Å². The second-order valence-electron chi connectivity index (χ2n) is 4.99. The highest BCUT2D eigenvalue weighted by atomic mass is 19.2. The minimum absolute atomic E-state index is 0.254. The second-order valence-corrected chi connectivity index (χ2v) is 4.99. The number of hydrogen-bond donors (Lipinski definition) is 0. The summed E-state index contributed by atoms with van der Waals surface area (Å²) < 4.78 is 31.2. The van der Waals surface area contributed by atoms with E-state index in [2.05, 4.69) is 6.07 Å². The van der Waals surface area contributed by atoms with Crippen molar-refractivity contribution in [3.05, 3.63) is 65.2 Å². The molecule has 1 unspecified atom stereocenters. The highest BCUT2D eigenvalue weighted by molar-refractivity contribution is 5.36. The summed E-state index contributed by atoms with van der Waals surface area (Å²) in [5, 5.41) is 18.1. The molecule has 0 amide bonds. The molecule has 2 rings (SSSR count). The number of nitriles is 2. The van der Waals surface area contributed by atoms with Crippen molar-refractivity contribution in [3.63, 3.8) is 0 Å². The molecule has 0 aromatic heterocycles. The van der Waals surface area contributed by atoms with Gasteiger partial charge in [-0.05, 0) is 42.7 Å². The third-order valence-electron chi connectivity index (χ3n) is 3.37. The van der Waals surface area contributed by atoms with Crippen LogP contribution in [-0.2, 0) is 0 Å². The second kappa shape index (κ2) is 7.91. The zero-order chi connectivity index (χ0) is 16.7. The standard InChI is InChI=1S/C18H14F2N2O/c19-17-7-6-16(10-18(17)20)23-8-2-5-15(12-22)14-4-1-3-13(9-14)11-21/h1,3-4,6-7,9-10,15H,2,5,8H2. The van der Waals surface area contributed by atoms with Crippen LogP contribution in [0.5, 0.6) is 5.75 Å². The summed E-state index contributed by atoms with van der Waals surface area (Å²) in [6, 6.07) is 14.6. The number of halogens is 2. The Hall–Kier alpha value is -2.92. The van der Waals surface area contributed by atoms with Gasteiger partial charge in [0.25, 0.3) is 0 Å². The van der Waals surface area contributed by atoms with Crippen molar-refractivity contribution in [1.29, 1.82) is 10.5 Å². The average molecular weight is 312 g/mol. The highest BCUT2D eigenvalue weighted by Crippen LogP contribution is 2.22. The molecule has 0 fully saturated rings. The molecule has 0 radical (unpaired) electrons. The van der Waals surface area contributed by atoms with Gasteiger partial charge in [0.15, 0.2) is 11.6 Å². The van der Waals surface area contributed by atoms with Crippen LogP contribution in [0.4, 0.5) is 8.78 Å². The Morgan fingerprint density at radius 2 is 1.87 bits per heavy atom. The van der Waals surface area contributed by atoms with Crippen molar-refractivity contribution in [3.8, 4) is 17.9 Å². The van der Waals surface area contributed by atoms with Crippen molar-refractivity contribution >= 4 is 0 Å². The molecule has 2 aromatic rings. The predicted octanol–water partition coefficient (Wildman–Crippen LogP) is 4.30. The van der Waals surface area contributed by atoms with Crippen LogP contribution in [-0.4, -0.2) is 6.61 Å². The van der Waals surface area contributed by atoms with Gasteiger partial charge in [0.2, 0.25) is 0 Å². The molecule has 0 aliphatic rings. The molecule has 23 heavy (non-hydrogen) atoms. The quantitative estimate of drug-likeness (QED) is 0.747. The minimum Gasteiger partial charge on any atom is -0.493 e. The van der Waals surface area contributed by atoms with E-state index in [9.17, 15) is 14.0 Å². The van der Waals surface area contributed by atoms with Gasteiger partial charge in [-0.15, -0.1) is 0 Å². The van der Waals surface area contributed by atoms with Gasteiger partial charge in [0, 0.05) is 6.07 Å². The van der Waals surface area contributed by atoms with Crippen LogP contribution >= 0.6 is 0 Å². The summed E-state index contributed by atoms with van der Waals surface area (Å²) >= 11 is 0. The largest absolute Gasteiger partial charge is 0.493 e. The monoisotopic (exact) mass is 312 g/mol. The average Bonchev–Trinajstić information content (AvgIpc) is 2.58. The van der Waals surface area contributed by atoms with Gasteiger partial charge in [-0.25, -0.2) is 8.78 Å². The van der Waals surface area contributed by atoms with E-state index < -0.39 is 11.6 Å². The van der Waals surface area contributed by atoms with E-state index in [4.69, 9.17) is 10.00 Å². The van der Waals surface area contributed by atoms with E-state index in [0.29, 0.717) is 25.0 Å². The van der Waals surface area contributed by atoms with E-state index in [0.717, 1.165) is 17.7 Å². The molecule has 1 atom stereocenters. The SMILES string of the molecule is N#Cc1cccc(C(C#N)CCCOc2ccc(F)c(F)c2)c1. The van der Waals surface area contributed by atoms with Crippen molar-refractivity contribution in [2.75, 3.05) is 6.61 Å². The van der Waals surface area contributed by atoms with Crippen LogP contribution in [0.25, 0.3) is 0 Å². The first-order chi connectivity index (χ1) is 11.1. The van der Waals surface area contributed by atoms with E-state index in [1.54, 1.807) is 18.2 Å². The van der Waals surface area contributed by atoms with Gasteiger partial charge in [0.05, 0.1) is 30.2 Å². The lowest BCUT2D eigenvalue weighted by Crippen LogP contribution is -2.02. The van der Waals surface area contributed by atoms with Crippen LogP contribution in [0.1, 0.15) is 29.9 Å². The molecule has 0 aliphatic heterocycles. The number of benzene rings is 2. The first-order valence-electron chi connectivity index (χ1n) is 7.11. The van der Waals surface area contributed by atoms with E-state index in [-0.39, 0.29) is 11.7 Å². The van der Waals surface area contributed by atoms with Crippen molar-refractivity contribution in [1.82, 2.24) is 0 Å². The Labute approximate surface area is 133 Å². The Morgan fingerprint density at radius 3 is 2.57 bits per heavy atom. The summed E-state index contributed by atoms with van der Waals surface area (Å²) in [5.41, 5.74) is 1.31. The fourth-order valence-electron chi connectivity index (χ4n) is 2.17. The summed E-state index contributed by atoms with van der Waals surface area (Å²) in [6.07, 6.45) is 1.13. The molecule has 5 heteroatoms. The maximum absolute atomic E-state index is 13.0. The van der Waals surface area contributed by atoms with E-state index in [1.807, 2.05) is 12.1 Å². The first-order valence-corrected chi connectivity index (χ1v) is 7.11. The Bertz CT molecular complexity index is 762. The fraction of sp³-hybridized carbons (Fsp3) is 0.222. The van der Waals surface area contributed by atoms with E-state index in [1.165, 1.54) is 6.07 Å². The zero-order valence-electron chi connectivity index (χ0n) is 12.3. The summed E-state index contributed by atoms with van der Waals surface area (Å²) in [4.78, 5) is 0. The van der Waals surface area contributed by atoms with Crippen molar-refractivity contribution in [2.24, 2.45) is 0 Å². The van der Waals surface area contributed by atoms with E-state index >= 15 is 0 Å². The molecule has 0 N–H and O–H groups in total. The Morgan fingerprint density at radius 1 is 1.04 bits per heavy atom. The number of ether oxygens (including phenoxy) is 1. The number of rotatable bonds is 6.